The summed E-state index contributed by atoms with van der Waals surface area (Å²) in [6, 6.07) is 3.96. The van der Waals surface area contributed by atoms with Crippen molar-refractivity contribution in [2.45, 2.75) is 20.3 Å². The predicted molar refractivity (Wildman–Crippen MR) is 70.5 cm³/mol. The number of Topliss-reactive ketones (excluding diaryl/α,β-unsaturated/α-hetero) is 1. The van der Waals surface area contributed by atoms with E-state index in [1.165, 1.54) is 18.2 Å². The summed E-state index contributed by atoms with van der Waals surface area (Å²) in [5.74, 6) is -0.279. The molecule has 1 heterocycles. The summed E-state index contributed by atoms with van der Waals surface area (Å²) >= 11 is 6.03. The van der Waals surface area contributed by atoms with Gasteiger partial charge in [0.2, 0.25) is 0 Å². The first-order chi connectivity index (χ1) is 8.47. The van der Waals surface area contributed by atoms with Crippen molar-refractivity contribution in [2.24, 2.45) is 11.3 Å². The Bertz CT molecular complexity index is 467. The maximum Gasteiger partial charge on any atom is 0.172 e. The Kier molecular flexibility index (Phi) is 3.74. The maximum atomic E-state index is 13.3. The van der Waals surface area contributed by atoms with Gasteiger partial charge in [-0.05, 0) is 37.1 Å². The molecule has 1 unspecified atom stereocenters. The van der Waals surface area contributed by atoms with E-state index in [0.717, 1.165) is 13.0 Å². The highest BCUT2D eigenvalue weighted by molar-refractivity contribution is 6.34. The summed E-state index contributed by atoms with van der Waals surface area (Å²) < 4.78 is 13.3. The number of carbonyl (C=O) groups is 1. The van der Waals surface area contributed by atoms with E-state index in [9.17, 15) is 9.18 Å². The Labute approximate surface area is 112 Å². The minimum absolute atomic E-state index is 0.0491. The molecule has 18 heavy (non-hydrogen) atoms. The van der Waals surface area contributed by atoms with Crippen LogP contribution < -0.4 is 5.32 Å². The molecule has 0 radical (unpaired) electrons. The molecule has 0 saturated carbocycles. The third-order valence-corrected chi connectivity index (χ3v) is 4.25. The quantitative estimate of drug-likeness (QED) is 0.853. The van der Waals surface area contributed by atoms with Gasteiger partial charge in [0.05, 0.1) is 5.02 Å². The molecular formula is C14H17ClFNO. The van der Waals surface area contributed by atoms with Crippen LogP contribution in [0.25, 0.3) is 0 Å². The van der Waals surface area contributed by atoms with Crippen molar-refractivity contribution in [3.63, 3.8) is 0 Å². The molecule has 2 nitrogen and oxygen atoms in total. The number of ketones is 1. The van der Waals surface area contributed by atoms with Gasteiger partial charge in [0, 0.05) is 17.5 Å². The summed E-state index contributed by atoms with van der Waals surface area (Å²) in [6.07, 6.45) is 0.774. The Balaban J connectivity index is 2.43. The zero-order valence-electron chi connectivity index (χ0n) is 10.6. The summed E-state index contributed by atoms with van der Waals surface area (Å²) in [4.78, 5) is 12.7. The second-order valence-corrected chi connectivity index (χ2v) is 5.60. The SMILES string of the molecule is CC(C)C1(C(=O)c2cc(F)ccc2Cl)CCNC1. The number of rotatable bonds is 3. The third-order valence-electron chi connectivity index (χ3n) is 3.92. The van der Waals surface area contributed by atoms with Gasteiger partial charge in [0.15, 0.2) is 5.78 Å². The Morgan fingerprint density at radius 2 is 2.22 bits per heavy atom. The normalized spacial score (nSPS) is 23.6. The molecule has 4 heteroatoms. The highest BCUT2D eigenvalue weighted by Crippen LogP contribution is 2.39. The maximum absolute atomic E-state index is 13.3. The molecular weight excluding hydrogens is 253 g/mol. The molecule has 1 saturated heterocycles. The van der Waals surface area contributed by atoms with Gasteiger partial charge in [-0.25, -0.2) is 4.39 Å². The molecule has 0 aromatic heterocycles. The van der Waals surface area contributed by atoms with E-state index in [1.807, 2.05) is 13.8 Å². The second-order valence-electron chi connectivity index (χ2n) is 5.19. The summed E-state index contributed by atoms with van der Waals surface area (Å²) in [6.45, 7) is 5.50. The largest absolute Gasteiger partial charge is 0.316 e. The molecule has 0 aliphatic carbocycles. The zero-order valence-corrected chi connectivity index (χ0v) is 11.4. The molecule has 98 valence electrons. The number of benzene rings is 1. The average Bonchev–Trinajstić information content (AvgIpc) is 2.82. The lowest BCUT2D eigenvalue weighted by Gasteiger charge is -2.31. The monoisotopic (exact) mass is 269 g/mol. The lowest BCUT2D eigenvalue weighted by molar-refractivity contribution is 0.0739. The van der Waals surface area contributed by atoms with Crippen LogP contribution in [0.5, 0.6) is 0 Å². The number of halogens is 2. The summed E-state index contributed by atoms with van der Waals surface area (Å²) in [5.41, 5.74) is -0.161. The molecule has 2 rings (SSSR count). The van der Waals surface area contributed by atoms with Crippen molar-refractivity contribution >= 4 is 17.4 Å². The van der Waals surface area contributed by atoms with E-state index in [4.69, 9.17) is 11.6 Å². The van der Waals surface area contributed by atoms with Crippen LogP contribution in [0.4, 0.5) is 4.39 Å². The lowest BCUT2D eigenvalue weighted by Crippen LogP contribution is -2.38. The van der Waals surface area contributed by atoms with Crippen LogP contribution in [0.1, 0.15) is 30.6 Å². The van der Waals surface area contributed by atoms with Crippen LogP contribution in [0.15, 0.2) is 18.2 Å². The zero-order chi connectivity index (χ0) is 13.3. The molecule has 1 N–H and O–H groups in total. The van der Waals surface area contributed by atoms with Crippen LogP contribution in [0, 0.1) is 17.2 Å². The van der Waals surface area contributed by atoms with E-state index in [-0.39, 0.29) is 11.7 Å². The molecule has 1 aromatic rings. The van der Waals surface area contributed by atoms with Crippen molar-refractivity contribution in [3.05, 3.63) is 34.6 Å². The van der Waals surface area contributed by atoms with E-state index in [1.54, 1.807) is 0 Å². The molecule has 0 spiro atoms. The first kappa shape index (κ1) is 13.5. The second kappa shape index (κ2) is 4.98. The highest BCUT2D eigenvalue weighted by Gasteiger charge is 2.44. The summed E-state index contributed by atoms with van der Waals surface area (Å²) in [7, 11) is 0. The average molecular weight is 270 g/mol. The van der Waals surface area contributed by atoms with Gasteiger partial charge in [-0.15, -0.1) is 0 Å². The van der Waals surface area contributed by atoms with Crippen LogP contribution in [-0.2, 0) is 0 Å². The van der Waals surface area contributed by atoms with Crippen molar-refractivity contribution < 1.29 is 9.18 Å². The van der Waals surface area contributed by atoms with Crippen molar-refractivity contribution in [1.82, 2.24) is 5.32 Å². The topological polar surface area (TPSA) is 29.1 Å². The Hall–Kier alpha value is -0.930. The molecule has 0 amide bonds. The number of hydrogen-bond donors (Lipinski definition) is 1. The predicted octanol–water partition coefficient (Wildman–Crippen LogP) is 3.30. The summed E-state index contributed by atoms with van der Waals surface area (Å²) in [5, 5.41) is 3.55. The Morgan fingerprint density at radius 1 is 1.50 bits per heavy atom. The molecule has 1 aliphatic rings. The van der Waals surface area contributed by atoms with E-state index < -0.39 is 11.2 Å². The fraction of sp³-hybridized carbons (Fsp3) is 0.500. The van der Waals surface area contributed by atoms with Crippen LogP contribution >= 0.6 is 11.6 Å². The first-order valence-electron chi connectivity index (χ1n) is 6.18. The highest BCUT2D eigenvalue weighted by atomic mass is 35.5. The lowest BCUT2D eigenvalue weighted by atomic mass is 9.71. The van der Waals surface area contributed by atoms with E-state index >= 15 is 0 Å². The van der Waals surface area contributed by atoms with Gasteiger partial charge in [-0.3, -0.25) is 4.79 Å². The van der Waals surface area contributed by atoms with Crippen molar-refractivity contribution in [3.8, 4) is 0 Å². The minimum Gasteiger partial charge on any atom is -0.316 e. The van der Waals surface area contributed by atoms with E-state index in [0.29, 0.717) is 17.1 Å². The minimum atomic E-state index is -0.461. The fourth-order valence-corrected chi connectivity index (χ4v) is 2.80. The van der Waals surface area contributed by atoms with Crippen molar-refractivity contribution in [1.29, 1.82) is 0 Å². The molecule has 1 atom stereocenters. The molecule has 0 bridgehead atoms. The van der Waals surface area contributed by atoms with Gasteiger partial charge in [0.1, 0.15) is 5.82 Å². The molecule has 1 fully saturated rings. The third kappa shape index (κ3) is 2.17. The number of carbonyl (C=O) groups excluding carboxylic acids is 1. The first-order valence-corrected chi connectivity index (χ1v) is 6.56. The van der Waals surface area contributed by atoms with Gasteiger partial charge in [-0.2, -0.15) is 0 Å². The molecule has 1 aromatic carbocycles. The van der Waals surface area contributed by atoms with Gasteiger partial charge < -0.3 is 5.32 Å². The number of nitrogens with one attached hydrogen (secondary N) is 1. The van der Waals surface area contributed by atoms with E-state index in [2.05, 4.69) is 5.32 Å². The van der Waals surface area contributed by atoms with Crippen LogP contribution in [0.2, 0.25) is 5.02 Å². The van der Waals surface area contributed by atoms with Crippen LogP contribution in [0.3, 0.4) is 0 Å². The van der Waals surface area contributed by atoms with Gasteiger partial charge >= 0.3 is 0 Å². The Morgan fingerprint density at radius 3 is 2.78 bits per heavy atom. The molecule has 1 aliphatic heterocycles. The van der Waals surface area contributed by atoms with Gasteiger partial charge in [-0.1, -0.05) is 25.4 Å². The van der Waals surface area contributed by atoms with Crippen molar-refractivity contribution in [2.75, 3.05) is 13.1 Å². The number of hydrogen-bond acceptors (Lipinski definition) is 2. The van der Waals surface area contributed by atoms with Crippen LogP contribution in [-0.4, -0.2) is 18.9 Å². The fourth-order valence-electron chi connectivity index (χ4n) is 2.60. The van der Waals surface area contributed by atoms with Gasteiger partial charge in [0.25, 0.3) is 0 Å². The standard InChI is InChI=1S/C14H17ClFNO/c1-9(2)14(5-6-17-8-14)13(18)11-7-10(16)3-4-12(11)15/h3-4,7,9,17H,5-6,8H2,1-2H3. The smallest absolute Gasteiger partial charge is 0.172 e.